The number of hydrogen-bond donors (Lipinski definition) is 1. The van der Waals surface area contributed by atoms with Crippen LogP contribution in [0.15, 0.2) is 6.20 Å². The van der Waals surface area contributed by atoms with Crippen LogP contribution in [0.3, 0.4) is 0 Å². The highest BCUT2D eigenvalue weighted by Crippen LogP contribution is 2.25. The van der Waals surface area contributed by atoms with Crippen LogP contribution >= 0.6 is 23.2 Å². The first-order valence-corrected chi connectivity index (χ1v) is 5.46. The lowest BCUT2D eigenvalue weighted by Crippen LogP contribution is -2.16. The van der Waals surface area contributed by atoms with E-state index >= 15 is 0 Å². The van der Waals surface area contributed by atoms with Crippen LogP contribution in [0.25, 0.3) is 0 Å². The van der Waals surface area contributed by atoms with Crippen LogP contribution in [0, 0.1) is 0 Å². The molecule has 1 fully saturated rings. The van der Waals surface area contributed by atoms with Crippen molar-refractivity contribution in [2.24, 2.45) is 0 Å². The third-order valence-corrected chi connectivity index (χ3v) is 2.87. The zero-order valence-corrected chi connectivity index (χ0v) is 9.15. The molecule has 1 aliphatic carbocycles. The van der Waals surface area contributed by atoms with Crippen LogP contribution in [-0.2, 0) is 0 Å². The molecule has 0 radical (unpaired) electrons. The molecule has 0 aliphatic heterocycles. The molecule has 0 atom stereocenters. The van der Waals surface area contributed by atoms with Crippen molar-refractivity contribution in [3.63, 3.8) is 0 Å². The molecule has 0 amide bonds. The van der Waals surface area contributed by atoms with Crippen LogP contribution in [0.5, 0.6) is 0 Å². The third kappa shape index (κ3) is 2.28. The topological polar surface area (TPSA) is 37.8 Å². The van der Waals surface area contributed by atoms with E-state index in [0.717, 1.165) is 0 Å². The molecule has 1 aromatic rings. The van der Waals surface area contributed by atoms with E-state index in [0.29, 0.717) is 16.9 Å². The highest BCUT2D eigenvalue weighted by atomic mass is 35.5. The fourth-order valence-electron chi connectivity index (χ4n) is 1.71. The van der Waals surface area contributed by atoms with Crippen molar-refractivity contribution in [3.05, 3.63) is 16.5 Å². The maximum Gasteiger partial charge on any atom is 0.224 e. The Hall–Kier alpha value is -0.540. The highest BCUT2D eigenvalue weighted by Gasteiger charge is 2.16. The van der Waals surface area contributed by atoms with Gasteiger partial charge in [0.15, 0.2) is 0 Å². The van der Waals surface area contributed by atoms with Gasteiger partial charge in [0.2, 0.25) is 5.28 Å². The Balaban J connectivity index is 2.10. The molecule has 1 heterocycles. The minimum atomic E-state index is 0.231. The zero-order chi connectivity index (χ0) is 9.97. The quantitative estimate of drug-likeness (QED) is 0.796. The molecule has 0 spiro atoms. The number of halogens is 2. The molecule has 0 aromatic carbocycles. The van der Waals surface area contributed by atoms with E-state index in [-0.39, 0.29) is 5.28 Å². The van der Waals surface area contributed by atoms with Crippen LogP contribution < -0.4 is 5.32 Å². The van der Waals surface area contributed by atoms with Gasteiger partial charge in [0.05, 0.1) is 6.20 Å². The Morgan fingerprint density at radius 3 is 2.71 bits per heavy atom. The Bertz CT molecular complexity index is 324. The monoisotopic (exact) mass is 231 g/mol. The molecule has 1 N–H and O–H groups in total. The summed E-state index contributed by atoms with van der Waals surface area (Å²) in [6.07, 6.45) is 6.42. The number of nitrogens with zero attached hydrogens (tertiary/aromatic N) is 2. The van der Waals surface area contributed by atoms with Gasteiger partial charge in [-0.3, -0.25) is 0 Å². The summed E-state index contributed by atoms with van der Waals surface area (Å²) in [7, 11) is 0. The normalized spacial score (nSPS) is 17.3. The molecule has 0 unspecified atom stereocenters. The molecule has 1 saturated carbocycles. The molecule has 76 valence electrons. The van der Waals surface area contributed by atoms with Crippen molar-refractivity contribution >= 4 is 29.0 Å². The first kappa shape index (κ1) is 9.99. The summed E-state index contributed by atoms with van der Waals surface area (Å²) < 4.78 is 0. The summed E-state index contributed by atoms with van der Waals surface area (Å²) >= 11 is 11.6. The molecule has 3 nitrogen and oxygen atoms in total. The summed E-state index contributed by atoms with van der Waals surface area (Å²) in [5.41, 5.74) is 0. The SMILES string of the molecule is Clc1ncc(Cl)c(NC2CCCC2)n1. The van der Waals surface area contributed by atoms with E-state index in [9.17, 15) is 0 Å². The van der Waals surface area contributed by atoms with E-state index < -0.39 is 0 Å². The third-order valence-electron chi connectivity index (χ3n) is 2.41. The van der Waals surface area contributed by atoms with Gasteiger partial charge in [0.25, 0.3) is 0 Å². The van der Waals surface area contributed by atoms with E-state index in [4.69, 9.17) is 23.2 Å². The Labute approximate surface area is 92.8 Å². The van der Waals surface area contributed by atoms with Crippen molar-refractivity contribution in [1.29, 1.82) is 0 Å². The number of rotatable bonds is 2. The zero-order valence-electron chi connectivity index (χ0n) is 7.63. The number of hydrogen-bond acceptors (Lipinski definition) is 3. The fraction of sp³-hybridized carbons (Fsp3) is 0.556. The van der Waals surface area contributed by atoms with Crippen molar-refractivity contribution in [3.8, 4) is 0 Å². The number of anilines is 1. The molecule has 0 saturated heterocycles. The summed E-state index contributed by atoms with van der Waals surface area (Å²) in [5, 5.41) is 4.04. The van der Waals surface area contributed by atoms with Crippen molar-refractivity contribution in [2.45, 2.75) is 31.7 Å². The van der Waals surface area contributed by atoms with Crippen molar-refractivity contribution < 1.29 is 0 Å². The van der Waals surface area contributed by atoms with Gasteiger partial charge in [-0.25, -0.2) is 4.98 Å². The van der Waals surface area contributed by atoms with Gasteiger partial charge in [-0.15, -0.1) is 0 Å². The molecule has 0 bridgehead atoms. The average Bonchev–Trinajstić information content (AvgIpc) is 2.64. The van der Waals surface area contributed by atoms with Crippen LogP contribution in [-0.4, -0.2) is 16.0 Å². The van der Waals surface area contributed by atoms with Crippen LogP contribution in [0.4, 0.5) is 5.82 Å². The Kier molecular flexibility index (Phi) is 3.08. The first-order chi connectivity index (χ1) is 6.75. The van der Waals surface area contributed by atoms with Gasteiger partial charge in [-0.2, -0.15) is 4.98 Å². The smallest absolute Gasteiger partial charge is 0.224 e. The second kappa shape index (κ2) is 4.32. The fourth-order valence-corrected chi connectivity index (χ4v) is 1.99. The summed E-state index contributed by atoms with van der Waals surface area (Å²) in [5.74, 6) is 0.651. The molecule has 1 aliphatic rings. The molecule has 5 heteroatoms. The lowest BCUT2D eigenvalue weighted by atomic mass is 10.2. The minimum absolute atomic E-state index is 0.231. The summed E-state index contributed by atoms with van der Waals surface area (Å²) in [6, 6.07) is 0.485. The second-order valence-corrected chi connectivity index (χ2v) is 4.21. The Morgan fingerprint density at radius 1 is 1.29 bits per heavy atom. The predicted octanol–water partition coefficient (Wildman–Crippen LogP) is 3.14. The molecule has 1 aromatic heterocycles. The van der Waals surface area contributed by atoms with Gasteiger partial charge >= 0.3 is 0 Å². The number of aromatic nitrogens is 2. The lowest BCUT2D eigenvalue weighted by Gasteiger charge is -2.13. The van der Waals surface area contributed by atoms with E-state index in [2.05, 4.69) is 15.3 Å². The van der Waals surface area contributed by atoms with E-state index in [1.54, 1.807) is 0 Å². The molecular formula is C9H11Cl2N3. The second-order valence-electron chi connectivity index (χ2n) is 3.46. The van der Waals surface area contributed by atoms with Gasteiger partial charge < -0.3 is 5.32 Å². The van der Waals surface area contributed by atoms with E-state index in [1.807, 2.05) is 0 Å². The predicted molar refractivity (Wildman–Crippen MR) is 57.9 cm³/mol. The van der Waals surface area contributed by atoms with Crippen molar-refractivity contribution in [1.82, 2.24) is 9.97 Å². The Morgan fingerprint density at radius 2 is 2.00 bits per heavy atom. The van der Waals surface area contributed by atoms with Crippen LogP contribution in [0.1, 0.15) is 25.7 Å². The van der Waals surface area contributed by atoms with Gasteiger partial charge in [-0.05, 0) is 24.4 Å². The highest BCUT2D eigenvalue weighted by molar-refractivity contribution is 6.33. The molecular weight excluding hydrogens is 221 g/mol. The number of nitrogens with one attached hydrogen (secondary N) is 1. The molecule has 2 rings (SSSR count). The summed E-state index contributed by atoms with van der Waals surface area (Å²) in [6.45, 7) is 0. The summed E-state index contributed by atoms with van der Waals surface area (Å²) in [4.78, 5) is 7.84. The van der Waals surface area contributed by atoms with Gasteiger partial charge in [0, 0.05) is 6.04 Å². The van der Waals surface area contributed by atoms with Gasteiger partial charge in [-0.1, -0.05) is 24.4 Å². The maximum absolute atomic E-state index is 5.93. The maximum atomic E-state index is 5.93. The average molecular weight is 232 g/mol. The lowest BCUT2D eigenvalue weighted by molar-refractivity contribution is 0.750. The first-order valence-electron chi connectivity index (χ1n) is 4.70. The largest absolute Gasteiger partial charge is 0.366 e. The molecule has 14 heavy (non-hydrogen) atoms. The van der Waals surface area contributed by atoms with E-state index in [1.165, 1.54) is 31.9 Å². The van der Waals surface area contributed by atoms with Crippen LogP contribution in [0.2, 0.25) is 10.3 Å². The standard InChI is InChI=1S/C9H11Cl2N3/c10-7-5-12-9(11)14-8(7)13-6-3-1-2-4-6/h5-6H,1-4H2,(H,12,13,14). The van der Waals surface area contributed by atoms with Crippen molar-refractivity contribution in [2.75, 3.05) is 5.32 Å². The minimum Gasteiger partial charge on any atom is -0.366 e. The van der Waals surface area contributed by atoms with Gasteiger partial charge in [0.1, 0.15) is 10.8 Å².